The fourth-order valence-electron chi connectivity index (χ4n) is 1.84. The summed E-state index contributed by atoms with van der Waals surface area (Å²) in [5.74, 6) is -0.480. The van der Waals surface area contributed by atoms with E-state index in [9.17, 15) is 14.7 Å². The Morgan fingerprint density at radius 3 is 2.33 bits per heavy atom. The van der Waals surface area contributed by atoms with Crippen LogP contribution in [0.5, 0.6) is 5.75 Å². The summed E-state index contributed by atoms with van der Waals surface area (Å²) < 4.78 is 5.05. The van der Waals surface area contributed by atoms with Crippen molar-refractivity contribution in [2.24, 2.45) is 5.92 Å². The van der Waals surface area contributed by atoms with Crippen LogP contribution in [0.3, 0.4) is 0 Å². The van der Waals surface area contributed by atoms with Crippen LogP contribution in [0, 0.1) is 5.92 Å². The van der Waals surface area contributed by atoms with E-state index in [0.29, 0.717) is 17.9 Å². The summed E-state index contributed by atoms with van der Waals surface area (Å²) in [5.41, 5.74) is 0.654. The Balaban J connectivity index is 2.78. The molecule has 2 N–H and O–H groups in total. The van der Waals surface area contributed by atoms with Crippen molar-refractivity contribution in [3.8, 4) is 5.75 Å². The van der Waals surface area contributed by atoms with Crippen LogP contribution >= 0.6 is 0 Å². The van der Waals surface area contributed by atoms with Crippen LogP contribution in [0.1, 0.15) is 20.3 Å². The molecule has 0 radical (unpaired) electrons. The highest BCUT2D eigenvalue weighted by molar-refractivity contribution is 5.94. The maximum absolute atomic E-state index is 12.2. The number of urea groups is 1. The van der Waals surface area contributed by atoms with Gasteiger partial charge in [-0.15, -0.1) is 0 Å². The zero-order chi connectivity index (χ0) is 16.0. The van der Waals surface area contributed by atoms with Gasteiger partial charge in [0.15, 0.2) is 0 Å². The summed E-state index contributed by atoms with van der Waals surface area (Å²) in [6.45, 7) is 3.69. The van der Waals surface area contributed by atoms with E-state index in [1.165, 1.54) is 4.90 Å². The molecule has 2 atom stereocenters. The molecule has 0 aliphatic rings. The van der Waals surface area contributed by atoms with Gasteiger partial charge in [0.25, 0.3) is 0 Å². The molecule has 0 saturated heterocycles. The van der Waals surface area contributed by atoms with E-state index >= 15 is 0 Å². The number of carbonyl (C=O) groups excluding carboxylic acids is 1. The number of carboxylic acids is 1. The minimum absolute atomic E-state index is 0.143. The van der Waals surface area contributed by atoms with Crippen LogP contribution in [0.2, 0.25) is 0 Å². The van der Waals surface area contributed by atoms with E-state index in [2.05, 4.69) is 5.32 Å². The first kappa shape index (κ1) is 16.8. The molecular weight excluding hydrogens is 272 g/mol. The largest absolute Gasteiger partial charge is 0.497 e. The van der Waals surface area contributed by atoms with E-state index < -0.39 is 18.0 Å². The van der Waals surface area contributed by atoms with Crippen LogP contribution < -0.4 is 15.0 Å². The van der Waals surface area contributed by atoms with Gasteiger partial charge in [-0.25, -0.2) is 9.59 Å². The number of carboxylic acid groups (broad SMARTS) is 1. The Labute approximate surface area is 124 Å². The van der Waals surface area contributed by atoms with E-state index in [-0.39, 0.29) is 5.92 Å². The van der Waals surface area contributed by atoms with Gasteiger partial charge in [0, 0.05) is 12.7 Å². The summed E-state index contributed by atoms with van der Waals surface area (Å²) in [4.78, 5) is 24.8. The molecule has 0 aliphatic heterocycles. The topological polar surface area (TPSA) is 78.9 Å². The van der Waals surface area contributed by atoms with Crippen LogP contribution in [0.15, 0.2) is 24.3 Å². The molecule has 0 bridgehead atoms. The number of benzene rings is 1. The lowest BCUT2D eigenvalue weighted by atomic mass is 9.99. The number of rotatable bonds is 6. The van der Waals surface area contributed by atoms with Gasteiger partial charge in [-0.1, -0.05) is 20.3 Å². The molecule has 0 spiro atoms. The fraction of sp³-hybridized carbons (Fsp3) is 0.467. The van der Waals surface area contributed by atoms with Crippen molar-refractivity contribution in [1.29, 1.82) is 0 Å². The minimum Gasteiger partial charge on any atom is -0.497 e. The third-order valence-corrected chi connectivity index (χ3v) is 3.52. The highest BCUT2D eigenvalue weighted by Gasteiger charge is 2.26. The molecule has 6 nitrogen and oxygen atoms in total. The Morgan fingerprint density at radius 1 is 1.33 bits per heavy atom. The van der Waals surface area contributed by atoms with Gasteiger partial charge in [0.2, 0.25) is 0 Å². The first-order valence-corrected chi connectivity index (χ1v) is 6.81. The van der Waals surface area contributed by atoms with E-state index in [0.717, 1.165) is 0 Å². The second kappa shape index (κ2) is 7.52. The second-order valence-electron chi connectivity index (χ2n) is 4.91. The molecule has 1 aromatic carbocycles. The van der Waals surface area contributed by atoms with Crippen molar-refractivity contribution in [3.05, 3.63) is 24.3 Å². The van der Waals surface area contributed by atoms with E-state index in [1.54, 1.807) is 45.3 Å². The van der Waals surface area contributed by atoms with Crippen molar-refractivity contribution in [2.45, 2.75) is 26.3 Å². The van der Waals surface area contributed by atoms with Crippen LogP contribution in [0.4, 0.5) is 10.5 Å². The summed E-state index contributed by atoms with van der Waals surface area (Å²) in [6.07, 6.45) is 0.670. The number of methoxy groups -OCH3 is 1. The predicted molar refractivity (Wildman–Crippen MR) is 80.8 cm³/mol. The average Bonchev–Trinajstić information content (AvgIpc) is 2.50. The van der Waals surface area contributed by atoms with E-state index in [4.69, 9.17) is 4.74 Å². The van der Waals surface area contributed by atoms with Crippen molar-refractivity contribution in [3.63, 3.8) is 0 Å². The molecule has 1 unspecified atom stereocenters. The van der Waals surface area contributed by atoms with Crippen molar-refractivity contribution in [1.82, 2.24) is 5.32 Å². The van der Waals surface area contributed by atoms with Gasteiger partial charge in [-0.05, 0) is 30.2 Å². The van der Waals surface area contributed by atoms with Crippen LogP contribution in [-0.4, -0.2) is 37.3 Å². The Morgan fingerprint density at radius 2 is 1.90 bits per heavy atom. The first-order valence-electron chi connectivity index (χ1n) is 6.81. The maximum Gasteiger partial charge on any atom is 0.326 e. The smallest absolute Gasteiger partial charge is 0.326 e. The molecule has 0 aromatic heterocycles. The Hall–Kier alpha value is -2.24. The zero-order valence-electron chi connectivity index (χ0n) is 12.8. The number of nitrogens with one attached hydrogen (secondary N) is 1. The van der Waals surface area contributed by atoms with Gasteiger partial charge < -0.3 is 15.2 Å². The molecular formula is C15H22N2O4. The van der Waals surface area contributed by atoms with Crippen molar-refractivity contribution < 1.29 is 19.4 Å². The molecule has 21 heavy (non-hydrogen) atoms. The number of hydrogen-bond donors (Lipinski definition) is 2. The van der Waals surface area contributed by atoms with Crippen LogP contribution in [-0.2, 0) is 4.79 Å². The van der Waals surface area contributed by atoms with Gasteiger partial charge in [0.1, 0.15) is 11.8 Å². The molecule has 0 aliphatic carbocycles. The van der Waals surface area contributed by atoms with Gasteiger partial charge in [-0.2, -0.15) is 0 Å². The SMILES string of the molecule is CCC(C)[C@H](NC(=O)N(C)c1ccc(OC)cc1)C(=O)O. The normalized spacial score (nSPS) is 13.1. The third-order valence-electron chi connectivity index (χ3n) is 3.52. The lowest BCUT2D eigenvalue weighted by molar-refractivity contribution is -0.140. The summed E-state index contributed by atoms with van der Waals surface area (Å²) in [6, 6.07) is 5.59. The minimum atomic E-state index is -1.03. The summed E-state index contributed by atoms with van der Waals surface area (Å²) in [7, 11) is 3.15. The molecule has 1 rings (SSSR count). The molecule has 0 fully saturated rings. The number of aliphatic carboxylic acids is 1. The molecule has 6 heteroatoms. The lowest BCUT2D eigenvalue weighted by Crippen LogP contribution is -2.49. The highest BCUT2D eigenvalue weighted by atomic mass is 16.5. The quantitative estimate of drug-likeness (QED) is 0.844. The number of ether oxygens (including phenoxy) is 1. The van der Waals surface area contributed by atoms with Crippen molar-refractivity contribution in [2.75, 3.05) is 19.1 Å². The number of amides is 2. The highest BCUT2D eigenvalue weighted by Crippen LogP contribution is 2.18. The number of nitrogens with zero attached hydrogens (tertiary/aromatic N) is 1. The molecule has 0 heterocycles. The summed E-state index contributed by atoms with van der Waals surface area (Å²) >= 11 is 0. The number of anilines is 1. The summed E-state index contributed by atoms with van der Waals surface area (Å²) in [5, 5.41) is 11.7. The first-order chi connectivity index (χ1) is 9.90. The van der Waals surface area contributed by atoms with Gasteiger partial charge in [-0.3, -0.25) is 4.90 Å². The number of carbonyl (C=O) groups is 2. The number of hydrogen-bond acceptors (Lipinski definition) is 3. The zero-order valence-corrected chi connectivity index (χ0v) is 12.8. The third kappa shape index (κ3) is 4.37. The molecule has 2 amide bonds. The Kier molecular flexibility index (Phi) is 6.02. The maximum atomic E-state index is 12.2. The monoisotopic (exact) mass is 294 g/mol. The van der Waals surface area contributed by atoms with Gasteiger partial charge in [0.05, 0.1) is 7.11 Å². The standard InChI is InChI=1S/C15H22N2O4/c1-5-10(2)13(14(18)19)16-15(20)17(3)11-6-8-12(21-4)9-7-11/h6-10,13H,5H2,1-4H3,(H,16,20)(H,18,19)/t10?,13-/m0/s1. The molecule has 116 valence electrons. The molecule has 1 aromatic rings. The molecule has 0 saturated carbocycles. The van der Waals surface area contributed by atoms with Crippen molar-refractivity contribution >= 4 is 17.7 Å². The van der Waals surface area contributed by atoms with E-state index in [1.807, 2.05) is 6.92 Å². The predicted octanol–water partition coefficient (Wildman–Crippen LogP) is 2.34. The van der Waals surface area contributed by atoms with Gasteiger partial charge >= 0.3 is 12.0 Å². The lowest BCUT2D eigenvalue weighted by Gasteiger charge is -2.24. The van der Waals surface area contributed by atoms with Crippen LogP contribution in [0.25, 0.3) is 0 Å². The average molecular weight is 294 g/mol. The Bertz CT molecular complexity index is 487. The second-order valence-corrected chi connectivity index (χ2v) is 4.91. The fourth-order valence-corrected chi connectivity index (χ4v) is 1.84.